The number of hydroxylamine groups is 2. The molecular weight excluding hydrogens is 268 g/mol. The van der Waals surface area contributed by atoms with Crippen molar-refractivity contribution in [3.05, 3.63) is 71.8 Å². The summed E-state index contributed by atoms with van der Waals surface area (Å²) in [4.78, 5) is 17.1. The zero-order chi connectivity index (χ0) is 14.5. The molecule has 2 amide bonds. The van der Waals surface area contributed by atoms with E-state index < -0.39 is 0 Å². The van der Waals surface area contributed by atoms with Gasteiger partial charge < -0.3 is 10.1 Å². The van der Waals surface area contributed by atoms with E-state index >= 15 is 0 Å². The molecule has 21 heavy (non-hydrogen) atoms. The van der Waals surface area contributed by atoms with Crippen molar-refractivity contribution in [3.8, 4) is 0 Å². The van der Waals surface area contributed by atoms with Crippen molar-refractivity contribution in [1.29, 1.82) is 0 Å². The van der Waals surface area contributed by atoms with Crippen LogP contribution in [0.2, 0.25) is 0 Å². The van der Waals surface area contributed by atoms with Crippen LogP contribution in [0.1, 0.15) is 17.4 Å². The van der Waals surface area contributed by atoms with Crippen LogP contribution in [0.15, 0.2) is 60.7 Å². The van der Waals surface area contributed by atoms with E-state index in [1.807, 2.05) is 60.7 Å². The predicted octanol–water partition coefficient (Wildman–Crippen LogP) is 2.82. The third-order valence-electron chi connectivity index (χ3n) is 3.10. The fourth-order valence-electron chi connectivity index (χ4n) is 1.98. The van der Waals surface area contributed by atoms with Crippen LogP contribution in [0.5, 0.6) is 0 Å². The van der Waals surface area contributed by atoms with E-state index in [1.54, 1.807) is 0 Å². The van der Waals surface area contributed by atoms with Crippen LogP contribution in [-0.2, 0) is 16.2 Å². The highest BCUT2D eigenvalue weighted by atomic mass is 16.8. The Kier molecular flexibility index (Phi) is 4.14. The molecule has 5 nitrogen and oxygen atoms in total. The third kappa shape index (κ3) is 3.59. The summed E-state index contributed by atoms with van der Waals surface area (Å²) in [6.07, 6.45) is -0.291. The first-order chi connectivity index (χ1) is 10.3. The maximum Gasteiger partial charge on any atom is 0.346 e. The molecule has 1 fully saturated rings. The highest BCUT2D eigenvalue weighted by Gasteiger charge is 2.42. The smallest absolute Gasteiger partial charge is 0.346 e. The summed E-state index contributed by atoms with van der Waals surface area (Å²) < 4.78 is 5.40. The quantitative estimate of drug-likeness (QED) is 0.522. The number of carbonyl (C=O) groups is 1. The summed E-state index contributed by atoms with van der Waals surface area (Å²) >= 11 is 0. The molecule has 0 saturated carbocycles. The van der Waals surface area contributed by atoms with Gasteiger partial charge in [0.2, 0.25) is 6.23 Å². The molecule has 0 aromatic heterocycles. The van der Waals surface area contributed by atoms with Gasteiger partial charge in [-0.3, -0.25) is 0 Å². The summed E-state index contributed by atoms with van der Waals surface area (Å²) in [6, 6.07) is 19.1. The minimum Gasteiger partial charge on any atom is -0.357 e. The average Bonchev–Trinajstić information content (AvgIpc) is 3.34. The summed E-state index contributed by atoms with van der Waals surface area (Å²) in [5, 5.41) is 3.95. The van der Waals surface area contributed by atoms with E-state index in [1.165, 1.54) is 5.06 Å². The molecule has 0 bridgehead atoms. The SMILES string of the molecule is O=C(NCOCc1ccccc1)N1OC1c1ccccc1. The number of ether oxygens (including phenoxy) is 1. The van der Waals surface area contributed by atoms with Gasteiger partial charge in [-0.1, -0.05) is 60.7 Å². The van der Waals surface area contributed by atoms with E-state index in [0.29, 0.717) is 6.61 Å². The topological polar surface area (TPSA) is 53.9 Å². The lowest BCUT2D eigenvalue weighted by Gasteiger charge is -2.06. The standard InChI is InChI=1S/C16H16N2O3/c19-16(17-12-20-11-13-7-3-1-4-8-13)18-15(21-18)14-9-5-2-6-10-14/h1-10,15H,11-12H2,(H,17,19). The van der Waals surface area contributed by atoms with Gasteiger partial charge in [0.05, 0.1) is 6.61 Å². The fraction of sp³-hybridized carbons (Fsp3) is 0.188. The maximum atomic E-state index is 11.8. The second-order valence-electron chi connectivity index (χ2n) is 4.65. The second-order valence-corrected chi connectivity index (χ2v) is 4.65. The number of urea groups is 1. The number of benzene rings is 2. The Hall–Kier alpha value is -2.37. The van der Waals surface area contributed by atoms with E-state index in [0.717, 1.165) is 11.1 Å². The molecule has 1 N–H and O–H groups in total. The molecule has 0 radical (unpaired) electrons. The minimum atomic E-state index is -0.295. The molecule has 2 aromatic rings. The molecule has 0 aliphatic carbocycles. The van der Waals surface area contributed by atoms with Gasteiger partial charge in [-0.2, -0.15) is 5.06 Å². The summed E-state index contributed by atoms with van der Waals surface area (Å²) in [5.41, 5.74) is 2.02. The lowest BCUT2D eigenvalue weighted by atomic mass is 10.2. The van der Waals surface area contributed by atoms with Crippen LogP contribution in [0, 0.1) is 0 Å². The molecule has 108 valence electrons. The van der Waals surface area contributed by atoms with Gasteiger partial charge in [0.25, 0.3) is 0 Å². The van der Waals surface area contributed by atoms with Crippen LogP contribution >= 0.6 is 0 Å². The molecule has 5 heteroatoms. The number of carbonyl (C=O) groups excluding carboxylic acids is 1. The third-order valence-corrected chi connectivity index (χ3v) is 3.10. The first-order valence-electron chi connectivity index (χ1n) is 6.75. The van der Waals surface area contributed by atoms with E-state index in [9.17, 15) is 4.79 Å². The molecule has 1 atom stereocenters. The molecular formula is C16H16N2O3. The van der Waals surface area contributed by atoms with Gasteiger partial charge in [-0.05, 0) is 5.56 Å². The average molecular weight is 284 g/mol. The molecule has 3 rings (SSSR count). The van der Waals surface area contributed by atoms with Crippen LogP contribution < -0.4 is 5.32 Å². The largest absolute Gasteiger partial charge is 0.357 e. The van der Waals surface area contributed by atoms with Gasteiger partial charge in [0.1, 0.15) is 6.73 Å². The van der Waals surface area contributed by atoms with Crippen molar-refractivity contribution in [3.63, 3.8) is 0 Å². The highest BCUT2D eigenvalue weighted by molar-refractivity contribution is 5.74. The lowest BCUT2D eigenvalue weighted by Crippen LogP contribution is -2.30. The van der Waals surface area contributed by atoms with Crippen molar-refractivity contribution < 1.29 is 14.4 Å². The number of hydrogen-bond donors (Lipinski definition) is 1. The zero-order valence-corrected chi connectivity index (χ0v) is 11.4. The highest BCUT2D eigenvalue weighted by Crippen LogP contribution is 2.36. The Balaban J connectivity index is 1.38. The van der Waals surface area contributed by atoms with Gasteiger partial charge in [-0.25, -0.2) is 9.63 Å². The van der Waals surface area contributed by atoms with Gasteiger partial charge in [-0.15, -0.1) is 0 Å². The monoisotopic (exact) mass is 284 g/mol. The molecule has 1 saturated heterocycles. The van der Waals surface area contributed by atoms with Gasteiger partial charge in [0, 0.05) is 5.56 Å². The summed E-state index contributed by atoms with van der Waals surface area (Å²) in [5.74, 6) is 0. The Labute approximate surface area is 123 Å². The van der Waals surface area contributed by atoms with Crippen LogP contribution in [0.25, 0.3) is 0 Å². The molecule has 0 spiro atoms. The normalized spacial score (nSPS) is 16.6. The Morgan fingerprint density at radius 2 is 1.76 bits per heavy atom. The first kappa shape index (κ1) is 13.6. The molecule has 1 aliphatic rings. The number of rotatable bonds is 5. The van der Waals surface area contributed by atoms with E-state index in [2.05, 4.69) is 5.32 Å². The number of hydrogen-bond acceptors (Lipinski definition) is 3. The predicted molar refractivity (Wildman–Crippen MR) is 76.7 cm³/mol. The van der Waals surface area contributed by atoms with Crippen molar-refractivity contribution in [2.24, 2.45) is 0 Å². The second kappa shape index (κ2) is 6.39. The fourth-order valence-corrected chi connectivity index (χ4v) is 1.98. The van der Waals surface area contributed by atoms with Gasteiger partial charge >= 0.3 is 6.03 Å². The van der Waals surface area contributed by atoms with E-state index in [-0.39, 0.29) is 19.0 Å². The summed E-state index contributed by atoms with van der Waals surface area (Å²) in [7, 11) is 0. The number of amides is 2. The Morgan fingerprint density at radius 1 is 1.10 bits per heavy atom. The molecule has 2 aromatic carbocycles. The van der Waals surface area contributed by atoms with Crippen molar-refractivity contribution in [2.75, 3.05) is 6.73 Å². The maximum absolute atomic E-state index is 11.8. The zero-order valence-electron chi connectivity index (χ0n) is 11.4. The van der Waals surface area contributed by atoms with Gasteiger partial charge in [0.15, 0.2) is 0 Å². The van der Waals surface area contributed by atoms with Crippen LogP contribution in [0.3, 0.4) is 0 Å². The first-order valence-corrected chi connectivity index (χ1v) is 6.75. The lowest BCUT2D eigenvalue weighted by molar-refractivity contribution is 0.0986. The van der Waals surface area contributed by atoms with E-state index in [4.69, 9.17) is 9.57 Å². The molecule has 1 heterocycles. The van der Waals surface area contributed by atoms with Crippen molar-refractivity contribution in [2.45, 2.75) is 12.8 Å². The summed E-state index contributed by atoms with van der Waals surface area (Å²) in [6.45, 7) is 0.610. The number of nitrogens with zero attached hydrogens (tertiary/aromatic N) is 1. The van der Waals surface area contributed by atoms with Crippen molar-refractivity contribution in [1.82, 2.24) is 10.4 Å². The number of nitrogens with one attached hydrogen (secondary N) is 1. The minimum absolute atomic E-state index is 0.148. The Bertz CT molecular complexity index is 589. The molecule has 1 aliphatic heterocycles. The molecule has 1 unspecified atom stereocenters. The van der Waals surface area contributed by atoms with Crippen LogP contribution in [-0.4, -0.2) is 17.8 Å². The van der Waals surface area contributed by atoms with Crippen molar-refractivity contribution >= 4 is 6.03 Å². The Morgan fingerprint density at radius 3 is 2.48 bits per heavy atom. The van der Waals surface area contributed by atoms with Crippen LogP contribution in [0.4, 0.5) is 4.79 Å².